The van der Waals surface area contributed by atoms with Gasteiger partial charge >= 0.3 is 0 Å². The zero-order valence-corrected chi connectivity index (χ0v) is 12.5. The third-order valence-corrected chi connectivity index (χ3v) is 3.35. The summed E-state index contributed by atoms with van der Waals surface area (Å²) in [6.45, 7) is 4.78. The molecule has 0 radical (unpaired) electrons. The lowest BCUT2D eigenvalue weighted by Gasteiger charge is -2.46. The van der Waals surface area contributed by atoms with E-state index in [0.29, 0.717) is 19.8 Å². The Morgan fingerprint density at radius 3 is 2.24 bits per heavy atom. The van der Waals surface area contributed by atoms with E-state index in [1.165, 1.54) is 6.92 Å². The maximum atomic E-state index is 9.95. The highest BCUT2D eigenvalue weighted by atomic mass is 16.7. The first-order chi connectivity index (χ1) is 9.96. The van der Waals surface area contributed by atoms with Crippen LogP contribution in [-0.4, -0.2) is 90.3 Å². The summed E-state index contributed by atoms with van der Waals surface area (Å²) in [6.07, 6.45) is -5.28. The Hall–Kier alpha value is -0.320. The highest BCUT2D eigenvalue weighted by Crippen LogP contribution is 2.30. The summed E-state index contributed by atoms with van der Waals surface area (Å²) in [5.41, 5.74) is 0. The lowest BCUT2D eigenvalue weighted by atomic mass is 9.93. The quantitative estimate of drug-likeness (QED) is 0.370. The largest absolute Gasteiger partial charge is 0.394 e. The van der Waals surface area contributed by atoms with Crippen LogP contribution in [0.4, 0.5) is 0 Å². The first kappa shape index (κ1) is 18.7. The van der Waals surface area contributed by atoms with Crippen molar-refractivity contribution >= 4 is 0 Å². The van der Waals surface area contributed by atoms with Gasteiger partial charge in [-0.15, -0.1) is 0 Å². The molecule has 1 fully saturated rings. The van der Waals surface area contributed by atoms with Gasteiger partial charge in [0, 0.05) is 6.61 Å². The van der Waals surface area contributed by atoms with Crippen LogP contribution in [0.2, 0.25) is 0 Å². The molecule has 0 spiro atoms. The monoisotopic (exact) mass is 310 g/mol. The van der Waals surface area contributed by atoms with Crippen LogP contribution in [0.15, 0.2) is 0 Å². The molecule has 126 valence electrons. The third kappa shape index (κ3) is 5.11. The van der Waals surface area contributed by atoms with E-state index >= 15 is 0 Å². The summed E-state index contributed by atoms with van der Waals surface area (Å²) in [7, 11) is 0. The van der Waals surface area contributed by atoms with E-state index in [0.717, 1.165) is 0 Å². The molecule has 2 unspecified atom stereocenters. The summed E-state index contributed by atoms with van der Waals surface area (Å²) in [6, 6.07) is 0. The topological polar surface area (TPSA) is 118 Å². The van der Waals surface area contributed by atoms with Crippen LogP contribution >= 0.6 is 0 Å². The number of ether oxygens (including phenoxy) is 4. The Balaban J connectivity index is 2.37. The molecule has 8 nitrogen and oxygen atoms in total. The number of rotatable bonds is 9. The van der Waals surface area contributed by atoms with E-state index in [1.54, 1.807) is 0 Å². The van der Waals surface area contributed by atoms with Gasteiger partial charge in [0.15, 0.2) is 5.79 Å². The molecule has 0 aliphatic carbocycles. The molecule has 0 aromatic heterocycles. The predicted molar refractivity (Wildman–Crippen MR) is 71.6 cm³/mol. The average molecular weight is 310 g/mol. The normalized spacial score (nSPS) is 36.9. The minimum atomic E-state index is -1.52. The van der Waals surface area contributed by atoms with Crippen LogP contribution in [0, 0.1) is 0 Å². The maximum Gasteiger partial charge on any atom is 0.194 e. The van der Waals surface area contributed by atoms with E-state index in [9.17, 15) is 15.3 Å². The fraction of sp³-hybridized carbons (Fsp3) is 1.00. The van der Waals surface area contributed by atoms with E-state index in [4.69, 9.17) is 24.1 Å². The van der Waals surface area contributed by atoms with Gasteiger partial charge in [-0.2, -0.15) is 0 Å². The fourth-order valence-electron chi connectivity index (χ4n) is 2.09. The van der Waals surface area contributed by atoms with E-state index < -0.39 is 36.8 Å². The average Bonchev–Trinajstić information content (AvgIpc) is 2.48. The van der Waals surface area contributed by atoms with E-state index in [-0.39, 0.29) is 13.2 Å². The first-order valence-corrected chi connectivity index (χ1v) is 7.08. The molecule has 0 bridgehead atoms. The van der Waals surface area contributed by atoms with Gasteiger partial charge in [0.05, 0.1) is 33.0 Å². The summed E-state index contributed by atoms with van der Waals surface area (Å²) in [5.74, 6) is -1.52. The van der Waals surface area contributed by atoms with Gasteiger partial charge in [0.2, 0.25) is 0 Å². The van der Waals surface area contributed by atoms with Crippen molar-refractivity contribution in [1.82, 2.24) is 0 Å². The smallest absolute Gasteiger partial charge is 0.194 e. The molecule has 0 aromatic rings. The lowest BCUT2D eigenvalue weighted by Crippen LogP contribution is -2.65. The molecular formula is C13H26O8. The zero-order valence-electron chi connectivity index (χ0n) is 12.5. The molecule has 1 saturated heterocycles. The van der Waals surface area contributed by atoms with Gasteiger partial charge in [0.1, 0.15) is 24.4 Å². The van der Waals surface area contributed by atoms with Crippen LogP contribution < -0.4 is 0 Å². The van der Waals surface area contributed by atoms with Gasteiger partial charge in [0.25, 0.3) is 0 Å². The van der Waals surface area contributed by atoms with Gasteiger partial charge in [-0.25, -0.2) is 0 Å². The molecule has 0 aromatic carbocycles. The minimum absolute atomic E-state index is 0.126. The summed E-state index contributed by atoms with van der Waals surface area (Å²) < 4.78 is 21.1. The summed E-state index contributed by atoms with van der Waals surface area (Å²) in [5, 5.41) is 38.5. The number of hydrogen-bond donors (Lipinski definition) is 4. The minimum Gasteiger partial charge on any atom is -0.394 e. The molecule has 0 saturated carbocycles. The molecule has 1 heterocycles. The van der Waals surface area contributed by atoms with Gasteiger partial charge in [-0.1, -0.05) is 0 Å². The first-order valence-electron chi connectivity index (χ1n) is 7.08. The number of aliphatic hydroxyl groups excluding tert-OH is 4. The highest BCUT2D eigenvalue weighted by molar-refractivity contribution is 4.94. The Labute approximate surface area is 124 Å². The van der Waals surface area contributed by atoms with Crippen LogP contribution in [-0.2, 0) is 18.9 Å². The molecule has 21 heavy (non-hydrogen) atoms. The Morgan fingerprint density at radius 2 is 1.62 bits per heavy atom. The van der Waals surface area contributed by atoms with Crippen molar-refractivity contribution in [2.75, 3.05) is 39.6 Å². The third-order valence-electron chi connectivity index (χ3n) is 3.35. The molecule has 1 aliphatic rings. The standard InChI is InChI=1S/C13H26O8/c1-3-18-4-5-19-6-7-20-13(2)12(17)11(16)10(15)9(8-14)21-13/h9-12,14-17H,3-8H2,1-2H3/t9?,10-,11+,12?,13+/m1/s1. The van der Waals surface area contributed by atoms with Crippen molar-refractivity contribution in [3.05, 3.63) is 0 Å². The zero-order chi connectivity index (χ0) is 15.9. The van der Waals surface area contributed by atoms with Gasteiger partial charge in [-0.05, 0) is 13.8 Å². The van der Waals surface area contributed by atoms with E-state index in [2.05, 4.69) is 0 Å². The van der Waals surface area contributed by atoms with Crippen LogP contribution in [0.25, 0.3) is 0 Å². The number of aliphatic hydroxyl groups is 4. The van der Waals surface area contributed by atoms with Gasteiger partial charge < -0.3 is 39.4 Å². The van der Waals surface area contributed by atoms with Gasteiger partial charge in [-0.3, -0.25) is 0 Å². The Morgan fingerprint density at radius 1 is 1.00 bits per heavy atom. The summed E-state index contributed by atoms with van der Waals surface area (Å²) in [4.78, 5) is 0. The Kier molecular flexibility index (Phi) is 7.99. The molecule has 1 aliphatic heterocycles. The SMILES string of the molecule is CCOCCOCCO[C@@]1(C)OC(CO)[C@@H](O)[C@H](O)C1O. The molecular weight excluding hydrogens is 284 g/mol. The van der Waals surface area contributed by atoms with Crippen LogP contribution in [0.1, 0.15) is 13.8 Å². The Bertz CT molecular complexity index is 287. The molecule has 1 rings (SSSR count). The predicted octanol–water partition coefficient (Wildman–Crippen LogP) is -1.75. The van der Waals surface area contributed by atoms with Crippen molar-refractivity contribution in [3.63, 3.8) is 0 Å². The van der Waals surface area contributed by atoms with Crippen molar-refractivity contribution in [1.29, 1.82) is 0 Å². The van der Waals surface area contributed by atoms with Crippen LogP contribution in [0.3, 0.4) is 0 Å². The van der Waals surface area contributed by atoms with Crippen molar-refractivity contribution in [2.45, 2.75) is 44.1 Å². The van der Waals surface area contributed by atoms with Crippen molar-refractivity contribution < 1.29 is 39.4 Å². The second kappa shape index (κ2) is 8.96. The second-order valence-electron chi connectivity index (χ2n) is 4.94. The van der Waals surface area contributed by atoms with Crippen molar-refractivity contribution in [2.24, 2.45) is 0 Å². The maximum absolute atomic E-state index is 9.95. The molecule has 4 N–H and O–H groups in total. The fourth-order valence-corrected chi connectivity index (χ4v) is 2.09. The van der Waals surface area contributed by atoms with E-state index in [1.807, 2.05) is 6.92 Å². The lowest BCUT2D eigenvalue weighted by molar-refractivity contribution is -0.357. The molecule has 5 atom stereocenters. The highest BCUT2D eigenvalue weighted by Gasteiger charge is 2.51. The van der Waals surface area contributed by atoms with Crippen LogP contribution in [0.5, 0.6) is 0 Å². The number of hydrogen-bond acceptors (Lipinski definition) is 8. The second-order valence-corrected chi connectivity index (χ2v) is 4.94. The molecule has 8 heteroatoms. The van der Waals surface area contributed by atoms with Crippen molar-refractivity contribution in [3.8, 4) is 0 Å². The summed E-state index contributed by atoms with van der Waals surface area (Å²) >= 11 is 0. The molecule has 0 amide bonds.